The third-order valence-electron chi connectivity index (χ3n) is 2.24. The summed E-state index contributed by atoms with van der Waals surface area (Å²) in [5, 5.41) is 17.5. The summed E-state index contributed by atoms with van der Waals surface area (Å²) in [6.07, 6.45) is 0.710. The summed E-state index contributed by atoms with van der Waals surface area (Å²) < 4.78 is 30.3. The summed E-state index contributed by atoms with van der Waals surface area (Å²) in [7, 11) is -4.32. The van der Waals surface area contributed by atoms with Crippen molar-refractivity contribution in [2.24, 2.45) is 0 Å². The van der Waals surface area contributed by atoms with Crippen LogP contribution in [-0.2, 0) is 19.7 Å². The lowest BCUT2D eigenvalue weighted by Gasteiger charge is -2.20. The van der Waals surface area contributed by atoms with Crippen LogP contribution in [0.4, 0.5) is 0 Å². The smallest absolute Gasteiger partial charge is 0.266 e. The van der Waals surface area contributed by atoms with Crippen molar-refractivity contribution < 1.29 is 22.6 Å². The topological polar surface area (TPSA) is 139 Å². The van der Waals surface area contributed by atoms with Gasteiger partial charge in [0.2, 0.25) is 11.6 Å². The van der Waals surface area contributed by atoms with Gasteiger partial charge in [-0.15, -0.1) is 0 Å². The highest BCUT2D eigenvalue weighted by atomic mass is 35.5. The normalized spacial score (nSPS) is 15.5. The van der Waals surface area contributed by atoms with Gasteiger partial charge in [-0.05, 0) is 0 Å². The SMILES string of the molecule is N#CC1=CC(=O)C(N(Cl)CCS(=O)(=O)O)=C(C#N)C1=O. The number of ketones is 2. The van der Waals surface area contributed by atoms with Crippen LogP contribution in [0.5, 0.6) is 0 Å². The monoisotopic (exact) mass is 315 g/mol. The number of carbonyl (C=O) groups is 2. The molecule has 1 aliphatic rings. The van der Waals surface area contributed by atoms with Gasteiger partial charge in [0.05, 0.1) is 12.3 Å². The Morgan fingerprint density at radius 2 is 1.90 bits per heavy atom. The Hall–Kier alpha value is -2.20. The molecular weight excluding hydrogens is 310 g/mol. The number of allylic oxidation sites excluding steroid dienone is 3. The summed E-state index contributed by atoms with van der Waals surface area (Å²) >= 11 is 5.65. The van der Waals surface area contributed by atoms with E-state index in [1.54, 1.807) is 0 Å². The van der Waals surface area contributed by atoms with Crippen molar-refractivity contribution in [1.82, 2.24) is 4.42 Å². The van der Waals surface area contributed by atoms with E-state index in [-0.39, 0.29) is 0 Å². The summed E-state index contributed by atoms with van der Waals surface area (Å²) in [5.41, 5.74) is -1.68. The average Bonchev–Trinajstić information content (AvgIpc) is 2.36. The lowest BCUT2D eigenvalue weighted by molar-refractivity contribution is -0.116. The van der Waals surface area contributed by atoms with Crippen molar-refractivity contribution in [3.8, 4) is 12.1 Å². The van der Waals surface area contributed by atoms with Gasteiger partial charge in [0, 0.05) is 17.9 Å². The molecule has 0 saturated heterocycles. The Labute approximate surface area is 119 Å². The number of nitrogens with zero attached hydrogens (tertiary/aromatic N) is 3. The summed E-state index contributed by atoms with van der Waals surface area (Å²) in [6, 6.07) is 2.93. The standard InChI is InChI=1S/C10H6ClN3O5S/c11-14(1-2-20(17,18)19)9-7(5-13)10(16)6(4-12)3-8(9)15/h3H,1-2H2,(H,17,18,19). The minimum Gasteiger partial charge on any atom is -0.287 e. The fraction of sp³-hybridized carbons (Fsp3) is 0.200. The zero-order valence-corrected chi connectivity index (χ0v) is 11.3. The van der Waals surface area contributed by atoms with Crippen LogP contribution in [0.2, 0.25) is 0 Å². The van der Waals surface area contributed by atoms with Crippen molar-refractivity contribution in [2.45, 2.75) is 0 Å². The van der Waals surface area contributed by atoms with Gasteiger partial charge in [0.1, 0.15) is 29.0 Å². The zero-order valence-electron chi connectivity index (χ0n) is 9.70. The average molecular weight is 316 g/mol. The fourth-order valence-electron chi connectivity index (χ4n) is 1.37. The van der Waals surface area contributed by atoms with Gasteiger partial charge in [-0.25, -0.2) is 0 Å². The Morgan fingerprint density at radius 1 is 1.30 bits per heavy atom. The third-order valence-corrected chi connectivity index (χ3v) is 3.27. The van der Waals surface area contributed by atoms with Crippen LogP contribution in [0.25, 0.3) is 0 Å². The second-order valence-corrected chi connectivity index (χ2v) is 5.55. The molecular formula is C10H6ClN3O5S. The lowest BCUT2D eigenvalue weighted by atomic mass is 9.94. The fourth-order valence-corrected chi connectivity index (χ4v) is 2.13. The second kappa shape index (κ2) is 5.84. The summed E-state index contributed by atoms with van der Waals surface area (Å²) in [4.78, 5) is 23.4. The zero-order chi connectivity index (χ0) is 15.5. The molecule has 8 nitrogen and oxygen atoms in total. The molecule has 0 spiro atoms. The van der Waals surface area contributed by atoms with E-state index < -0.39 is 50.8 Å². The largest absolute Gasteiger partial charge is 0.287 e. The Balaban J connectivity index is 3.15. The van der Waals surface area contributed by atoms with Crippen LogP contribution in [-0.4, -0.2) is 41.3 Å². The van der Waals surface area contributed by atoms with E-state index >= 15 is 0 Å². The minimum absolute atomic E-state index is 0.504. The number of hydrogen-bond acceptors (Lipinski definition) is 7. The molecule has 104 valence electrons. The molecule has 0 aromatic carbocycles. The number of Topliss-reactive ketones (excluding diaryl/α,β-unsaturated/α-hetero) is 1. The molecule has 1 aliphatic carbocycles. The number of rotatable bonds is 4. The van der Waals surface area contributed by atoms with Gasteiger partial charge in [0.15, 0.2) is 0 Å². The number of nitriles is 2. The van der Waals surface area contributed by atoms with E-state index in [1.165, 1.54) is 12.1 Å². The van der Waals surface area contributed by atoms with Crippen LogP contribution in [0.3, 0.4) is 0 Å². The van der Waals surface area contributed by atoms with E-state index in [1.807, 2.05) is 0 Å². The van der Waals surface area contributed by atoms with Crippen molar-refractivity contribution in [3.05, 3.63) is 22.9 Å². The van der Waals surface area contributed by atoms with Gasteiger partial charge in [-0.3, -0.25) is 18.6 Å². The highest BCUT2D eigenvalue weighted by Gasteiger charge is 2.32. The minimum atomic E-state index is -4.32. The van der Waals surface area contributed by atoms with Gasteiger partial charge in [-0.2, -0.15) is 18.9 Å². The molecule has 0 amide bonds. The molecule has 0 saturated carbocycles. The molecule has 0 atom stereocenters. The molecule has 0 heterocycles. The van der Waals surface area contributed by atoms with Crippen LogP contribution < -0.4 is 0 Å². The van der Waals surface area contributed by atoms with Crippen LogP contribution >= 0.6 is 11.8 Å². The molecule has 0 fully saturated rings. The predicted octanol–water partition coefficient (Wildman–Crippen LogP) is -0.291. The Bertz CT molecular complexity index is 723. The van der Waals surface area contributed by atoms with Crippen molar-refractivity contribution in [2.75, 3.05) is 12.3 Å². The lowest BCUT2D eigenvalue weighted by Crippen LogP contribution is -2.29. The van der Waals surface area contributed by atoms with Gasteiger partial charge >= 0.3 is 0 Å². The van der Waals surface area contributed by atoms with Crippen molar-refractivity contribution in [1.29, 1.82) is 10.5 Å². The molecule has 1 N–H and O–H groups in total. The molecule has 1 rings (SSSR count). The van der Waals surface area contributed by atoms with Crippen molar-refractivity contribution >= 4 is 33.5 Å². The Kier molecular flexibility index (Phi) is 4.63. The first-order valence-corrected chi connectivity index (χ1v) is 6.89. The molecule has 20 heavy (non-hydrogen) atoms. The maximum absolute atomic E-state index is 11.7. The molecule has 0 aromatic heterocycles. The number of halogens is 1. The summed E-state index contributed by atoms with van der Waals surface area (Å²) in [6.45, 7) is -0.518. The molecule has 0 unspecified atom stereocenters. The highest BCUT2D eigenvalue weighted by Crippen LogP contribution is 2.23. The molecule has 10 heteroatoms. The van der Waals surface area contributed by atoms with Crippen molar-refractivity contribution in [3.63, 3.8) is 0 Å². The molecule has 0 bridgehead atoms. The van der Waals surface area contributed by atoms with E-state index in [0.717, 1.165) is 0 Å². The first-order chi connectivity index (χ1) is 9.21. The summed E-state index contributed by atoms with van der Waals surface area (Å²) in [5.74, 6) is -2.64. The van der Waals surface area contributed by atoms with Crippen LogP contribution in [0.1, 0.15) is 0 Å². The van der Waals surface area contributed by atoms with E-state index in [4.69, 9.17) is 26.9 Å². The Morgan fingerprint density at radius 3 is 2.35 bits per heavy atom. The second-order valence-electron chi connectivity index (χ2n) is 3.57. The van der Waals surface area contributed by atoms with E-state index in [2.05, 4.69) is 0 Å². The predicted molar refractivity (Wildman–Crippen MR) is 65.3 cm³/mol. The maximum atomic E-state index is 11.7. The molecule has 0 aromatic rings. The van der Waals surface area contributed by atoms with Gasteiger partial charge in [0.25, 0.3) is 10.1 Å². The quantitative estimate of drug-likeness (QED) is 0.424. The van der Waals surface area contributed by atoms with E-state index in [9.17, 15) is 18.0 Å². The van der Waals surface area contributed by atoms with E-state index in [0.29, 0.717) is 10.5 Å². The third kappa shape index (κ3) is 3.42. The number of hydrogen-bond donors (Lipinski definition) is 1. The maximum Gasteiger partial charge on any atom is 0.266 e. The number of carbonyl (C=O) groups excluding carboxylic acids is 2. The van der Waals surface area contributed by atoms with Crippen LogP contribution in [0.15, 0.2) is 22.9 Å². The first-order valence-electron chi connectivity index (χ1n) is 4.95. The molecule has 0 radical (unpaired) electrons. The van der Waals surface area contributed by atoms with Gasteiger partial charge < -0.3 is 0 Å². The van der Waals surface area contributed by atoms with Crippen LogP contribution in [0, 0.1) is 22.7 Å². The molecule has 0 aliphatic heterocycles. The van der Waals surface area contributed by atoms with Gasteiger partial charge in [-0.1, -0.05) is 0 Å². The highest BCUT2D eigenvalue weighted by molar-refractivity contribution is 7.85. The first kappa shape index (κ1) is 15.9.